The SMILES string of the molecule is CCCNc1nc(NC(C)C(C)(C)C)nc(OCCC)n1. The number of hydrogen-bond donors (Lipinski definition) is 2. The van der Waals surface area contributed by atoms with Crippen LogP contribution in [0.3, 0.4) is 0 Å². The van der Waals surface area contributed by atoms with Crippen LogP contribution < -0.4 is 15.4 Å². The average molecular weight is 295 g/mol. The van der Waals surface area contributed by atoms with E-state index in [4.69, 9.17) is 4.74 Å². The van der Waals surface area contributed by atoms with Crippen molar-refractivity contribution in [2.45, 2.75) is 60.4 Å². The Morgan fingerprint density at radius 1 is 1.05 bits per heavy atom. The van der Waals surface area contributed by atoms with Crippen molar-refractivity contribution in [2.75, 3.05) is 23.8 Å². The predicted octanol–water partition coefficient (Wildman–Crippen LogP) is 3.33. The lowest BCUT2D eigenvalue weighted by Crippen LogP contribution is -2.31. The minimum atomic E-state index is 0.119. The molecular weight excluding hydrogens is 266 g/mol. The summed E-state index contributed by atoms with van der Waals surface area (Å²) in [6, 6.07) is 0.604. The molecule has 0 spiro atoms. The molecule has 0 aromatic carbocycles. The number of nitrogens with one attached hydrogen (secondary N) is 2. The van der Waals surface area contributed by atoms with E-state index >= 15 is 0 Å². The Bertz CT molecular complexity index is 404. The summed E-state index contributed by atoms with van der Waals surface area (Å²) in [7, 11) is 0. The van der Waals surface area contributed by atoms with Crippen molar-refractivity contribution in [3.05, 3.63) is 0 Å². The fourth-order valence-electron chi connectivity index (χ4n) is 1.40. The molecule has 1 aromatic heterocycles. The molecule has 0 saturated heterocycles. The van der Waals surface area contributed by atoms with Crippen LogP contribution in [0, 0.1) is 5.41 Å². The van der Waals surface area contributed by atoms with E-state index in [9.17, 15) is 0 Å². The predicted molar refractivity (Wildman–Crippen MR) is 86.9 cm³/mol. The van der Waals surface area contributed by atoms with E-state index in [0.29, 0.717) is 24.5 Å². The van der Waals surface area contributed by atoms with Crippen molar-refractivity contribution in [3.63, 3.8) is 0 Å². The van der Waals surface area contributed by atoms with E-state index in [1.165, 1.54) is 0 Å². The second-order valence-electron chi connectivity index (χ2n) is 6.27. The van der Waals surface area contributed by atoms with Crippen LogP contribution >= 0.6 is 0 Å². The summed E-state index contributed by atoms with van der Waals surface area (Å²) >= 11 is 0. The number of hydrogen-bond acceptors (Lipinski definition) is 6. The Balaban J connectivity index is 2.89. The van der Waals surface area contributed by atoms with Gasteiger partial charge in [-0.15, -0.1) is 0 Å². The maximum absolute atomic E-state index is 5.54. The van der Waals surface area contributed by atoms with Gasteiger partial charge in [-0.3, -0.25) is 0 Å². The zero-order valence-corrected chi connectivity index (χ0v) is 14.2. The number of nitrogens with zero attached hydrogens (tertiary/aromatic N) is 3. The fourth-order valence-corrected chi connectivity index (χ4v) is 1.40. The van der Waals surface area contributed by atoms with Crippen molar-refractivity contribution in [1.82, 2.24) is 15.0 Å². The zero-order chi connectivity index (χ0) is 15.9. The van der Waals surface area contributed by atoms with Gasteiger partial charge in [-0.05, 0) is 25.2 Å². The van der Waals surface area contributed by atoms with E-state index in [1.54, 1.807) is 0 Å². The molecule has 0 saturated carbocycles. The molecular formula is C15H29N5O. The van der Waals surface area contributed by atoms with Crippen LogP contribution in [0.5, 0.6) is 6.01 Å². The van der Waals surface area contributed by atoms with Crippen molar-refractivity contribution in [1.29, 1.82) is 0 Å². The normalized spacial score (nSPS) is 12.9. The second-order valence-corrected chi connectivity index (χ2v) is 6.27. The fraction of sp³-hybridized carbons (Fsp3) is 0.800. The van der Waals surface area contributed by atoms with Gasteiger partial charge in [0.25, 0.3) is 0 Å². The molecule has 1 aromatic rings. The minimum Gasteiger partial charge on any atom is -0.463 e. The molecule has 0 aliphatic rings. The number of ether oxygens (including phenoxy) is 1. The Kier molecular flexibility index (Phi) is 6.65. The molecule has 0 fully saturated rings. The van der Waals surface area contributed by atoms with Crippen molar-refractivity contribution in [3.8, 4) is 6.01 Å². The largest absolute Gasteiger partial charge is 0.463 e. The Morgan fingerprint density at radius 2 is 1.71 bits per heavy atom. The number of aromatic nitrogens is 3. The van der Waals surface area contributed by atoms with E-state index in [-0.39, 0.29) is 11.5 Å². The monoisotopic (exact) mass is 295 g/mol. The second kappa shape index (κ2) is 8.00. The first-order valence-electron chi connectivity index (χ1n) is 7.76. The van der Waals surface area contributed by atoms with Gasteiger partial charge in [0.2, 0.25) is 11.9 Å². The summed E-state index contributed by atoms with van der Waals surface area (Å²) in [5.41, 5.74) is 0.119. The molecule has 0 bridgehead atoms. The minimum absolute atomic E-state index is 0.119. The smallest absolute Gasteiger partial charge is 0.323 e. The van der Waals surface area contributed by atoms with Gasteiger partial charge in [0.05, 0.1) is 6.61 Å². The Labute approximate surface area is 128 Å². The van der Waals surface area contributed by atoms with Gasteiger partial charge in [-0.25, -0.2) is 0 Å². The van der Waals surface area contributed by atoms with Crippen LogP contribution in [-0.4, -0.2) is 34.1 Å². The number of anilines is 2. The summed E-state index contributed by atoms with van der Waals surface area (Å²) in [6.07, 6.45) is 1.93. The molecule has 0 aliphatic heterocycles. The molecule has 1 unspecified atom stereocenters. The molecule has 1 rings (SSSR count). The summed E-state index contributed by atoms with van der Waals surface area (Å²) < 4.78 is 5.54. The van der Waals surface area contributed by atoms with E-state index in [1.807, 2.05) is 0 Å². The first-order valence-corrected chi connectivity index (χ1v) is 7.76. The van der Waals surface area contributed by atoms with Crippen molar-refractivity contribution in [2.24, 2.45) is 5.41 Å². The molecule has 0 radical (unpaired) electrons. The van der Waals surface area contributed by atoms with E-state index < -0.39 is 0 Å². The quantitative estimate of drug-likeness (QED) is 0.766. The van der Waals surface area contributed by atoms with Crippen LogP contribution in [0.15, 0.2) is 0 Å². The van der Waals surface area contributed by atoms with Crippen molar-refractivity contribution < 1.29 is 4.74 Å². The van der Waals surface area contributed by atoms with Crippen LogP contribution in [0.1, 0.15) is 54.4 Å². The molecule has 2 N–H and O–H groups in total. The van der Waals surface area contributed by atoms with Crippen LogP contribution in [0.4, 0.5) is 11.9 Å². The van der Waals surface area contributed by atoms with Gasteiger partial charge in [-0.2, -0.15) is 15.0 Å². The maximum Gasteiger partial charge on any atom is 0.323 e. The van der Waals surface area contributed by atoms with Crippen LogP contribution in [0.25, 0.3) is 0 Å². The summed E-state index contributed by atoms with van der Waals surface area (Å²) in [5, 5.41) is 6.51. The lowest BCUT2D eigenvalue weighted by Gasteiger charge is -2.28. The molecule has 1 heterocycles. The van der Waals surface area contributed by atoms with Gasteiger partial charge >= 0.3 is 6.01 Å². The third-order valence-electron chi connectivity index (χ3n) is 3.23. The molecule has 1 atom stereocenters. The summed E-state index contributed by atoms with van der Waals surface area (Å²) in [4.78, 5) is 13.0. The van der Waals surface area contributed by atoms with Gasteiger partial charge in [0.1, 0.15) is 0 Å². The Morgan fingerprint density at radius 3 is 2.29 bits per heavy atom. The topological polar surface area (TPSA) is 72.0 Å². The summed E-state index contributed by atoms with van der Waals surface area (Å²) in [5.74, 6) is 1.11. The average Bonchev–Trinajstić information content (AvgIpc) is 2.41. The zero-order valence-electron chi connectivity index (χ0n) is 14.2. The molecule has 21 heavy (non-hydrogen) atoms. The van der Waals surface area contributed by atoms with Crippen LogP contribution in [-0.2, 0) is 0 Å². The maximum atomic E-state index is 5.54. The molecule has 0 aliphatic carbocycles. The third-order valence-corrected chi connectivity index (χ3v) is 3.23. The highest BCUT2D eigenvalue weighted by atomic mass is 16.5. The lowest BCUT2D eigenvalue weighted by atomic mass is 9.88. The Hall–Kier alpha value is -1.59. The van der Waals surface area contributed by atoms with Gasteiger partial charge in [0, 0.05) is 12.6 Å². The highest BCUT2D eigenvalue weighted by molar-refractivity contribution is 5.36. The first-order chi connectivity index (χ1) is 9.86. The summed E-state index contributed by atoms with van der Waals surface area (Å²) in [6.45, 7) is 14.2. The van der Waals surface area contributed by atoms with Gasteiger partial charge < -0.3 is 15.4 Å². The number of rotatable bonds is 8. The van der Waals surface area contributed by atoms with E-state index in [0.717, 1.165) is 19.4 Å². The lowest BCUT2D eigenvalue weighted by molar-refractivity contribution is 0.291. The molecule has 6 heteroatoms. The highest BCUT2D eigenvalue weighted by Crippen LogP contribution is 2.22. The third kappa shape index (κ3) is 6.14. The van der Waals surface area contributed by atoms with Gasteiger partial charge in [-0.1, -0.05) is 34.6 Å². The van der Waals surface area contributed by atoms with E-state index in [2.05, 4.69) is 67.1 Å². The van der Waals surface area contributed by atoms with Crippen LogP contribution in [0.2, 0.25) is 0 Å². The first kappa shape index (κ1) is 17.5. The standard InChI is InChI=1S/C15H29N5O/c1-7-9-16-12-18-13(17-11(3)15(4,5)6)20-14(19-12)21-10-8-2/h11H,7-10H2,1-6H3,(H2,16,17,18,19,20). The van der Waals surface area contributed by atoms with Gasteiger partial charge in [0.15, 0.2) is 0 Å². The highest BCUT2D eigenvalue weighted by Gasteiger charge is 2.21. The molecule has 120 valence electrons. The molecule has 6 nitrogen and oxygen atoms in total. The van der Waals surface area contributed by atoms with Crippen molar-refractivity contribution >= 4 is 11.9 Å². The molecule has 0 amide bonds.